The maximum Gasteiger partial charge on any atom is 0.223 e. The fourth-order valence-electron chi connectivity index (χ4n) is 2.98. The summed E-state index contributed by atoms with van der Waals surface area (Å²) in [6.45, 7) is 2.95. The van der Waals surface area contributed by atoms with Crippen molar-refractivity contribution >= 4 is 17.5 Å². The Labute approximate surface area is 146 Å². The number of nitrogens with one attached hydrogen (secondary N) is 2. The molecule has 1 saturated carbocycles. The Morgan fingerprint density at radius 2 is 1.92 bits per heavy atom. The molecule has 3 rings (SSSR count). The molecule has 1 aliphatic carbocycles. The summed E-state index contributed by atoms with van der Waals surface area (Å²) in [6.07, 6.45) is 6.26. The number of aryl methyl sites for hydroxylation is 1. The van der Waals surface area contributed by atoms with Crippen LogP contribution in [-0.2, 0) is 9.59 Å². The Morgan fingerprint density at radius 3 is 2.64 bits per heavy atom. The highest BCUT2D eigenvalue weighted by atomic mass is 16.2. The number of hydrogen-bond acceptors (Lipinski definition) is 5. The van der Waals surface area contributed by atoms with E-state index >= 15 is 0 Å². The molecule has 7 nitrogen and oxygen atoms in total. The highest BCUT2D eigenvalue weighted by Crippen LogP contribution is 2.21. The molecule has 2 aromatic heterocycles. The third-order valence-electron chi connectivity index (χ3n) is 4.34. The van der Waals surface area contributed by atoms with Crippen molar-refractivity contribution in [2.24, 2.45) is 5.92 Å². The van der Waals surface area contributed by atoms with Crippen LogP contribution >= 0.6 is 0 Å². The van der Waals surface area contributed by atoms with Gasteiger partial charge in [-0.1, -0.05) is 0 Å². The van der Waals surface area contributed by atoms with Crippen molar-refractivity contribution in [2.45, 2.75) is 32.6 Å². The molecule has 1 amide bonds. The van der Waals surface area contributed by atoms with Crippen LogP contribution in [0.5, 0.6) is 0 Å². The lowest BCUT2D eigenvalue weighted by molar-refractivity contribution is -0.128. The number of nitrogens with zero attached hydrogens (tertiary/aromatic N) is 3. The molecule has 0 radical (unpaired) electrons. The minimum Gasteiger partial charge on any atom is -0.368 e. The number of carbonyl (C=O) groups is 2. The maximum atomic E-state index is 12.1. The molecular weight excluding hydrogens is 318 g/mol. The highest BCUT2D eigenvalue weighted by molar-refractivity contribution is 5.84. The SMILES string of the molecule is Cc1nc(NCCNC(=O)C2CCC(=O)CC2)cc(-n2cccc2)n1. The highest BCUT2D eigenvalue weighted by Gasteiger charge is 2.24. The predicted molar refractivity (Wildman–Crippen MR) is 94.6 cm³/mol. The molecule has 2 aromatic rings. The number of amides is 1. The lowest BCUT2D eigenvalue weighted by Crippen LogP contribution is -2.36. The van der Waals surface area contributed by atoms with Gasteiger partial charge in [-0.25, -0.2) is 9.97 Å². The van der Waals surface area contributed by atoms with Crippen LogP contribution in [0.2, 0.25) is 0 Å². The number of carbonyl (C=O) groups excluding carboxylic acids is 2. The zero-order valence-electron chi connectivity index (χ0n) is 14.4. The zero-order valence-corrected chi connectivity index (χ0v) is 14.4. The van der Waals surface area contributed by atoms with E-state index in [0.717, 1.165) is 11.6 Å². The predicted octanol–water partition coefficient (Wildman–Crippen LogP) is 1.86. The minimum absolute atomic E-state index is 0.0284. The largest absolute Gasteiger partial charge is 0.368 e. The smallest absolute Gasteiger partial charge is 0.223 e. The Balaban J connectivity index is 1.47. The number of Topliss-reactive ketones (excluding diaryl/α,β-unsaturated/α-hetero) is 1. The maximum absolute atomic E-state index is 12.1. The van der Waals surface area contributed by atoms with E-state index in [1.807, 2.05) is 42.1 Å². The van der Waals surface area contributed by atoms with Gasteiger partial charge in [-0.05, 0) is 31.9 Å². The zero-order chi connectivity index (χ0) is 17.6. The van der Waals surface area contributed by atoms with Crippen molar-refractivity contribution in [2.75, 3.05) is 18.4 Å². The van der Waals surface area contributed by atoms with E-state index in [4.69, 9.17) is 0 Å². The average Bonchev–Trinajstić information content (AvgIpc) is 3.13. The van der Waals surface area contributed by atoms with Crippen LogP contribution in [0.1, 0.15) is 31.5 Å². The second kappa shape index (κ2) is 7.92. The van der Waals surface area contributed by atoms with Crippen molar-refractivity contribution in [3.05, 3.63) is 36.4 Å². The third kappa shape index (κ3) is 4.65. The van der Waals surface area contributed by atoms with Crippen LogP contribution in [0.25, 0.3) is 5.82 Å². The molecule has 0 aromatic carbocycles. The van der Waals surface area contributed by atoms with Gasteiger partial charge in [-0.3, -0.25) is 9.59 Å². The van der Waals surface area contributed by atoms with E-state index in [2.05, 4.69) is 20.6 Å². The number of hydrogen-bond donors (Lipinski definition) is 2. The Morgan fingerprint density at radius 1 is 1.20 bits per heavy atom. The molecule has 132 valence electrons. The molecule has 2 heterocycles. The van der Waals surface area contributed by atoms with Gasteiger partial charge in [-0.15, -0.1) is 0 Å². The Kier molecular flexibility index (Phi) is 5.42. The number of anilines is 1. The summed E-state index contributed by atoms with van der Waals surface area (Å²) in [7, 11) is 0. The quantitative estimate of drug-likeness (QED) is 0.783. The van der Waals surface area contributed by atoms with E-state index in [0.29, 0.717) is 44.6 Å². The van der Waals surface area contributed by atoms with Gasteiger partial charge in [0.05, 0.1) is 0 Å². The number of rotatable bonds is 6. The Hall–Kier alpha value is -2.70. The van der Waals surface area contributed by atoms with E-state index < -0.39 is 0 Å². The van der Waals surface area contributed by atoms with Gasteiger partial charge in [0, 0.05) is 50.3 Å². The topological polar surface area (TPSA) is 88.9 Å². The molecule has 25 heavy (non-hydrogen) atoms. The van der Waals surface area contributed by atoms with Gasteiger partial charge in [-0.2, -0.15) is 0 Å². The van der Waals surface area contributed by atoms with Gasteiger partial charge in [0.25, 0.3) is 0 Å². The molecule has 1 fully saturated rings. The molecule has 0 spiro atoms. The van der Waals surface area contributed by atoms with Gasteiger partial charge in [0.15, 0.2) is 0 Å². The number of aromatic nitrogens is 3. The molecule has 0 bridgehead atoms. The number of ketones is 1. The van der Waals surface area contributed by atoms with Crippen molar-refractivity contribution in [1.82, 2.24) is 19.9 Å². The first-order valence-corrected chi connectivity index (χ1v) is 8.64. The lowest BCUT2D eigenvalue weighted by Gasteiger charge is -2.20. The second-order valence-electron chi connectivity index (χ2n) is 6.28. The van der Waals surface area contributed by atoms with Gasteiger partial charge in [0.2, 0.25) is 5.91 Å². The molecule has 0 saturated heterocycles. The molecular formula is C18H23N5O2. The van der Waals surface area contributed by atoms with Gasteiger partial charge >= 0.3 is 0 Å². The summed E-state index contributed by atoms with van der Waals surface area (Å²) in [4.78, 5) is 32.1. The summed E-state index contributed by atoms with van der Waals surface area (Å²) in [5.74, 6) is 2.50. The first kappa shape index (κ1) is 17.1. The second-order valence-corrected chi connectivity index (χ2v) is 6.28. The average molecular weight is 341 g/mol. The van der Waals surface area contributed by atoms with Crippen molar-refractivity contribution in [3.8, 4) is 5.82 Å². The van der Waals surface area contributed by atoms with Crippen LogP contribution in [0.15, 0.2) is 30.6 Å². The van der Waals surface area contributed by atoms with Crippen LogP contribution in [-0.4, -0.2) is 39.3 Å². The summed E-state index contributed by atoms with van der Waals surface area (Å²) < 4.78 is 1.92. The fourth-order valence-corrected chi connectivity index (χ4v) is 2.98. The summed E-state index contributed by atoms with van der Waals surface area (Å²) in [5, 5.41) is 6.15. The molecule has 0 unspecified atom stereocenters. The molecule has 0 atom stereocenters. The first-order valence-electron chi connectivity index (χ1n) is 8.64. The lowest BCUT2D eigenvalue weighted by atomic mass is 9.88. The summed E-state index contributed by atoms with van der Waals surface area (Å²) in [5.41, 5.74) is 0. The summed E-state index contributed by atoms with van der Waals surface area (Å²) >= 11 is 0. The molecule has 0 aliphatic heterocycles. The third-order valence-corrected chi connectivity index (χ3v) is 4.34. The van der Waals surface area contributed by atoms with Crippen LogP contribution < -0.4 is 10.6 Å². The normalized spacial score (nSPS) is 15.2. The van der Waals surface area contributed by atoms with Crippen molar-refractivity contribution < 1.29 is 9.59 Å². The van der Waals surface area contributed by atoms with Gasteiger partial charge in [0.1, 0.15) is 23.2 Å². The summed E-state index contributed by atoms with van der Waals surface area (Å²) in [6, 6.07) is 5.76. The monoisotopic (exact) mass is 341 g/mol. The van der Waals surface area contributed by atoms with E-state index in [1.165, 1.54) is 0 Å². The van der Waals surface area contributed by atoms with E-state index in [-0.39, 0.29) is 17.6 Å². The van der Waals surface area contributed by atoms with Crippen LogP contribution in [0, 0.1) is 12.8 Å². The molecule has 1 aliphatic rings. The minimum atomic E-state index is -0.0284. The van der Waals surface area contributed by atoms with E-state index in [1.54, 1.807) is 0 Å². The fraction of sp³-hybridized carbons (Fsp3) is 0.444. The first-order chi connectivity index (χ1) is 12.1. The molecule has 2 N–H and O–H groups in total. The van der Waals surface area contributed by atoms with Crippen molar-refractivity contribution in [3.63, 3.8) is 0 Å². The van der Waals surface area contributed by atoms with Gasteiger partial charge < -0.3 is 15.2 Å². The van der Waals surface area contributed by atoms with Crippen LogP contribution in [0.3, 0.4) is 0 Å². The van der Waals surface area contributed by atoms with Crippen molar-refractivity contribution in [1.29, 1.82) is 0 Å². The standard InChI is InChI=1S/C18H23N5O2/c1-13-21-16(12-17(22-13)23-10-2-3-11-23)19-8-9-20-18(25)14-4-6-15(24)7-5-14/h2-3,10-12,14H,4-9H2,1H3,(H,20,25)(H,19,21,22). The van der Waals surface area contributed by atoms with Crippen LogP contribution in [0.4, 0.5) is 5.82 Å². The molecule has 7 heteroatoms. The van der Waals surface area contributed by atoms with E-state index in [9.17, 15) is 9.59 Å². The Bertz CT molecular complexity index is 732.